The first-order valence-electron chi connectivity index (χ1n) is 7.37. The van der Waals surface area contributed by atoms with Gasteiger partial charge in [0.2, 0.25) is 0 Å². The molecule has 21 heavy (non-hydrogen) atoms. The standard InChI is InChI=1S/C16H25F3N2/c1-6-21(12(4)5)15-8-7-13(10-20-11(2)3)9-14(15)16(17,18)19/h7-9,11-12,20H,6,10H2,1-5H3. The Kier molecular flexibility index (Phi) is 6.08. The smallest absolute Gasteiger partial charge is 0.369 e. The lowest BCUT2D eigenvalue weighted by Crippen LogP contribution is -2.32. The van der Waals surface area contributed by atoms with Gasteiger partial charge in [-0.1, -0.05) is 19.9 Å². The topological polar surface area (TPSA) is 15.3 Å². The average molecular weight is 302 g/mol. The van der Waals surface area contributed by atoms with Gasteiger partial charge in [0.25, 0.3) is 0 Å². The highest BCUT2D eigenvalue weighted by Crippen LogP contribution is 2.37. The Hall–Kier alpha value is -1.23. The predicted octanol–water partition coefficient (Wildman–Crippen LogP) is 4.44. The summed E-state index contributed by atoms with van der Waals surface area (Å²) in [7, 11) is 0. The molecule has 0 saturated heterocycles. The van der Waals surface area contributed by atoms with Crippen LogP contribution in [0.3, 0.4) is 0 Å². The van der Waals surface area contributed by atoms with Crippen LogP contribution >= 0.6 is 0 Å². The summed E-state index contributed by atoms with van der Waals surface area (Å²) < 4.78 is 40.0. The summed E-state index contributed by atoms with van der Waals surface area (Å²) in [5.74, 6) is 0. The molecule has 120 valence electrons. The quantitative estimate of drug-likeness (QED) is 0.836. The third-order valence-corrected chi connectivity index (χ3v) is 3.35. The molecule has 1 aromatic rings. The molecule has 0 aliphatic carbocycles. The first kappa shape index (κ1) is 17.8. The van der Waals surface area contributed by atoms with Gasteiger partial charge in [-0.2, -0.15) is 13.2 Å². The molecule has 0 saturated carbocycles. The highest BCUT2D eigenvalue weighted by molar-refractivity contribution is 5.57. The maximum absolute atomic E-state index is 13.3. The Morgan fingerprint density at radius 1 is 1.14 bits per heavy atom. The van der Waals surface area contributed by atoms with E-state index in [-0.39, 0.29) is 17.8 Å². The molecule has 1 aromatic carbocycles. The van der Waals surface area contributed by atoms with Crippen LogP contribution in [0.25, 0.3) is 0 Å². The van der Waals surface area contributed by atoms with Crippen molar-refractivity contribution in [2.24, 2.45) is 0 Å². The molecule has 0 aliphatic heterocycles. The fourth-order valence-corrected chi connectivity index (χ4v) is 2.31. The largest absolute Gasteiger partial charge is 0.418 e. The van der Waals surface area contributed by atoms with E-state index >= 15 is 0 Å². The van der Waals surface area contributed by atoms with E-state index in [9.17, 15) is 13.2 Å². The number of halogens is 3. The molecular weight excluding hydrogens is 277 g/mol. The third-order valence-electron chi connectivity index (χ3n) is 3.35. The molecular formula is C16H25F3N2. The number of alkyl halides is 3. The number of rotatable bonds is 6. The van der Waals surface area contributed by atoms with Gasteiger partial charge in [-0.3, -0.25) is 0 Å². The van der Waals surface area contributed by atoms with E-state index in [0.29, 0.717) is 18.7 Å². The fraction of sp³-hybridized carbons (Fsp3) is 0.625. The van der Waals surface area contributed by atoms with Gasteiger partial charge in [0.15, 0.2) is 0 Å². The van der Waals surface area contributed by atoms with Gasteiger partial charge < -0.3 is 10.2 Å². The molecule has 0 unspecified atom stereocenters. The zero-order valence-electron chi connectivity index (χ0n) is 13.4. The van der Waals surface area contributed by atoms with E-state index in [0.717, 1.165) is 0 Å². The van der Waals surface area contributed by atoms with Gasteiger partial charge in [0.1, 0.15) is 0 Å². The first-order valence-corrected chi connectivity index (χ1v) is 7.37. The van der Waals surface area contributed by atoms with Gasteiger partial charge in [-0.25, -0.2) is 0 Å². The van der Waals surface area contributed by atoms with Crippen LogP contribution in [0.1, 0.15) is 45.7 Å². The van der Waals surface area contributed by atoms with Gasteiger partial charge >= 0.3 is 6.18 Å². The Morgan fingerprint density at radius 3 is 2.19 bits per heavy atom. The molecule has 0 aliphatic rings. The van der Waals surface area contributed by atoms with Crippen molar-refractivity contribution in [2.45, 2.75) is 59.4 Å². The van der Waals surface area contributed by atoms with Crippen LogP contribution in [0.4, 0.5) is 18.9 Å². The summed E-state index contributed by atoms with van der Waals surface area (Å²) in [5.41, 5.74) is 0.356. The number of benzene rings is 1. The summed E-state index contributed by atoms with van der Waals surface area (Å²) in [6, 6.07) is 4.88. The molecule has 0 aromatic heterocycles. The Bertz CT molecular complexity index is 453. The van der Waals surface area contributed by atoms with Crippen LogP contribution in [-0.2, 0) is 12.7 Å². The van der Waals surface area contributed by atoms with Crippen LogP contribution in [0.2, 0.25) is 0 Å². The summed E-state index contributed by atoms with van der Waals surface area (Å²) in [5, 5.41) is 3.14. The number of hydrogen-bond acceptors (Lipinski definition) is 2. The summed E-state index contributed by atoms with van der Waals surface area (Å²) in [6.45, 7) is 10.6. The lowest BCUT2D eigenvalue weighted by molar-refractivity contribution is -0.137. The van der Waals surface area contributed by atoms with Gasteiger partial charge in [0, 0.05) is 30.9 Å². The van der Waals surface area contributed by atoms with Crippen molar-refractivity contribution in [3.63, 3.8) is 0 Å². The number of nitrogens with zero attached hydrogens (tertiary/aromatic N) is 1. The van der Waals surface area contributed by atoms with E-state index in [1.54, 1.807) is 17.0 Å². The van der Waals surface area contributed by atoms with E-state index in [1.165, 1.54) is 6.07 Å². The van der Waals surface area contributed by atoms with Crippen LogP contribution in [-0.4, -0.2) is 18.6 Å². The van der Waals surface area contributed by atoms with Crippen LogP contribution in [0.15, 0.2) is 18.2 Å². The normalized spacial score (nSPS) is 12.3. The Labute approximate surface area is 125 Å². The number of hydrogen-bond donors (Lipinski definition) is 1. The van der Waals surface area contributed by atoms with Crippen LogP contribution in [0.5, 0.6) is 0 Å². The average Bonchev–Trinajstić information content (AvgIpc) is 2.36. The summed E-state index contributed by atoms with van der Waals surface area (Å²) in [4.78, 5) is 1.77. The SMILES string of the molecule is CCN(c1ccc(CNC(C)C)cc1C(F)(F)F)C(C)C. The lowest BCUT2D eigenvalue weighted by Gasteiger charge is -2.30. The first-order chi connectivity index (χ1) is 9.66. The molecule has 0 heterocycles. The van der Waals surface area contributed by atoms with Gasteiger partial charge in [-0.05, 0) is 38.5 Å². The molecule has 0 bridgehead atoms. The predicted molar refractivity (Wildman–Crippen MR) is 81.6 cm³/mol. The molecule has 0 atom stereocenters. The summed E-state index contributed by atoms with van der Waals surface area (Å²) in [6.07, 6.45) is -4.34. The Balaban J connectivity index is 3.20. The van der Waals surface area contributed by atoms with Crippen LogP contribution in [0, 0.1) is 0 Å². The minimum atomic E-state index is -4.34. The summed E-state index contributed by atoms with van der Waals surface area (Å²) >= 11 is 0. The third kappa shape index (κ3) is 4.92. The van der Waals surface area contributed by atoms with E-state index < -0.39 is 11.7 Å². The van der Waals surface area contributed by atoms with Crippen molar-refractivity contribution < 1.29 is 13.2 Å². The number of anilines is 1. The maximum Gasteiger partial charge on any atom is 0.418 e. The van der Waals surface area contributed by atoms with E-state index in [1.807, 2.05) is 34.6 Å². The molecule has 0 spiro atoms. The number of nitrogens with one attached hydrogen (secondary N) is 1. The zero-order valence-corrected chi connectivity index (χ0v) is 13.4. The zero-order chi connectivity index (χ0) is 16.2. The minimum absolute atomic E-state index is 0.0238. The van der Waals surface area contributed by atoms with Crippen molar-refractivity contribution in [2.75, 3.05) is 11.4 Å². The van der Waals surface area contributed by atoms with Crippen molar-refractivity contribution >= 4 is 5.69 Å². The fourth-order valence-electron chi connectivity index (χ4n) is 2.31. The van der Waals surface area contributed by atoms with Gasteiger partial charge in [-0.15, -0.1) is 0 Å². The van der Waals surface area contributed by atoms with Crippen molar-refractivity contribution in [3.05, 3.63) is 29.3 Å². The van der Waals surface area contributed by atoms with Gasteiger partial charge in [0.05, 0.1) is 5.56 Å². The molecule has 0 radical (unpaired) electrons. The van der Waals surface area contributed by atoms with Crippen molar-refractivity contribution in [1.82, 2.24) is 5.32 Å². The second kappa shape index (κ2) is 7.16. The molecule has 1 rings (SSSR count). The molecule has 5 heteroatoms. The van der Waals surface area contributed by atoms with E-state index in [4.69, 9.17) is 0 Å². The van der Waals surface area contributed by atoms with Crippen LogP contribution < -0.4 is 10.2 Å². The van der Waals surface area contributed by atoms with E-state index in [2.05, 4.69) is 5.32 Å². The Morgan fingerprint density at radius 2 is 1.76 bits per heavy atom. The maximum atomic E-state index is 13.3. The van der Waals surface area contributed by atoms with Crippen molar-refractivity contribution in [3.8, 4) is 0 Å². The molecule has 1 N–H and O–H groups in total. The lowest BCUT2D eigenvalue weighted by atomic mass is 10.1. The molecule has 2 nitrogen and oxygen atoms in total. The second-order valence-electron chi connectivity index (χ2n) is 5.76. The molecule has 0 fully saturated rings. The highest BCUT2D eigenvalue weighted by atomic mass is 19.4. The molecule has 0 amide bonds. The minimum Gasteiger partial charge on any atom is -0.369 e. The highest BCUT2D eigenvalue weighted by Gasteiger charge is 2.35. The van der Waals surface area contributed by atoms with Crippen molar-refractivity contribution in [1.29, 1.82) is 0 Å². The second-order valence-corrected chi connectivity index (χ2v) is 5.76. The monoisotopic (exact) mass is 302 g/mol.